The highest BCUT2D eigenvalue weighted by Gasteiger charge is 2.57. The van der Waals surface area contributed by atoms with E-state index < -0.39 is 0 Å². The molecule has 6 saturated carbocycles. The predicted molar refractivity (Wildman–Crippen MR) is 584 cm³/mol. The number of benzene rings is 15. The summed E-state index contributed by atoms with van der Waals surface area (Å²) in [6.07, 6.45) is 20.2. The first-order valence-electron chi connectivity index (χ1n) is 50.3. The van der Waals surface area contributed by atoms with Gasteiger partial charge in [0, 0.05) is 0 Å². The van der Waals surface area contributed by atoms with Crippen molar-refractivity contribution in [2.75, 3.05) is 0 Å². The lowest BCUT2D eigenvalue weighted by atomic mass is 9.50. The zero-order valence-corrected chi connectivity index (χ0v) is 87.5. The van der Waals surface area contributed by atoms with Crippen molar-refractivity contribution in [1.29, 1.82) is 0 Å². The largest absolute Gasteiger partial charge is 0.488 e. The summed E-state index contributed by atoms with van der Waals surface area (Å²) in [5.74, 6) is 9.20. The molecule has 0 aliphatic heterocycles. The molecule has 139 heavy (non-hydrogen) atoms. The molecule has 0 atom stereocenters. The van der Waals surface area contributed by atoms with Gasteiger partial charge >= 0.3 is 0 Å². The van der Waals surface area contributed by atoms with Crippen LogP contribution in [0.2, 0.25) is 0 Å². The lowest BCUT2D eigenvalue weighted by Crippen LogP contribution is -2.59. The van der Waals surface area contributed by atoms with Crippen LogP contribution >= 0.6 is 0 Å². The molecule has 714 valence electrons. The van der Waals surface area contributed by atoms with Crippen LogP contribution in [0.25, 0.3) is 0 Å². The first-order chi connectivity index (χ1) is 67.4. The molecule has 6 nitrogen and oxygen atoms in total. The molecule has 15 aromatic carbocycles. The fourth-order valence-electron chi connectivity index (χ4n) is 20.0. The predicted octanol–water partition coefficient (Wildman–Crippen LogP) is 34.6. The summed E-state index contributed by atoms with van der Waals surface area (Å²) in [5, 5.41) is 0. The standard InChI is InChI=1S/C29H31OS.C26H31O2S.2C25H27OS.C23H25OS/c1-29(23-17-21-16-22(19-23)20-24(29)18-21)30-25-12-14-28(15-13-25)31(26-8-4-2-5-9-26)27-10-6-3-7-11-27;1-25(2,3)27-20-12-16-23(17-13-20)29(22-10-8-7-9-11-22)24-18-14-21(15-19-24)28-26(4,5)6;1-25(19-9-4-10-20-25)26-21-15-17-24(18-16-21)27(22-11-5-2-6-12-22)23-13-7-3-8-14-23;1-2-25(19-9-10-20-25)26-21-15-17-24(18-16-21)27(22-11-5-3-6-12-22)23-13-7-4-8-14-23;1-4-23(2,3)24-19-15-17-22(18-16-19)25(20-11-7-5-8-12-20)21-13-9-6-10-14-21/h2-15,21-24H,16-20H2,1H3;7-19H,1-6H3;2-3,5-8,11-18H,4,9-10,19-20H2,1H3;3-8,11-18H,2,9-10,19-20H2,1H3;5-18H,4H2,1-3H3/q5*+1. The highest BCUT2D eigenvalue weighted by atomic mass is 32.2. The summed E-state index contributed by atoms with van der Waals surface area (Å²) in [6.45, 7) is 25.7. The van der Waals surface area contributed by atoms with Crippen molar-refractivity contribution in [3.8, 4) is 34.5 Å². The van der Waals surface area contributed by atoms with E-state index >= 15 is 0 Å². The van der Waals surface area contributed by atoms with Gasteiger partial charge in [-0.3, -0.25) is 0 Å². The molecular weight excluding hydrogens is 1790 g/mol. The van der Waals surface area contributed by atoms with Crippen molar-refractivity contribution in [2.24, 2.45) is 23.7 Å². The zero-order chi connectivity index (χ0) is 96.7. The second-order valence-electron chi connectivity index (χ2n) is 40.4. The van der Waals surface area contributed by atoms with Crippen LogP contribution in [0.5, 0.6) is 34.5 Å². The van der Waals surface area contributed by atoms with Crippen molar-refractivity contribution in [3.63, 3.8) is 0 Å². The van der Waals surface area contributed by atoms with Crippen LogP contribution in [0, 0.1) is 23.7 Å². The molecule has 0 N–H and O–H groups in total. The molecule has 0 saturated heterocycles. The molecule has 21 rings (SSSR count). The summed E-state index contributed by atoms with van der Waals surface area (Å²) in [6, 6.07) is 149. The van der Waals surface area contributed by atoms with Crippen LogP contribution in [0.1, 0.15) is 186 Å². The fraction of sp³-hybridized carbons (Fsp3) is 0.297. The third-order valence-electron chi connectivity index (χ3n) is 27.1. The Bertz CT molecular complexity index is 5920. The second-order valence-corrected chi connectivity index (χ2v) is 50.5. The number of rotatable bonds is 27. The van der Waals surface area contributed by atoms with Crippen molar-refractivity contribution >= 4 is 54.5 Å². The molecule has 15 aromatic rings. The van der Waals surface area contributed by atoms with Gasteiger partial charge in [0.05, 0.1) is 54.5 Å². The number of hydrogen-bond donors (Lipinski definition) is 0. The second kappa shape index (κ2) is 47.4. The van der Waals surface area contributed by atoms with Gasteiger partial charge in [0.1, 0.15) is 68.1 Å². The Balaban J connectivity index is 0.000000126. The minimum atomic E-state index is -0.203. The van der Waals surface area contributed by atoms with Gasteiger partial charge in [0.2, 0.25) is 0 Å². The Morgan fingerprint density at radius 1 is 0.230 bits per heavy atom. The molecule has 0 unspecified atom stereocenters. The Hall–Kier alpha value is -11.2. The monoisotopic (exact) mass is 1930 g/mol. The van der Waals surface area contributed by atoms with Crippen molar-refractivity contribution in [2.45, 2.75) is 293 Å². The summed E-state index contributed by atoms with van der Waals surface area (Å²) in [7, 11) is -0.581. The maximum absolute atomic E-state index is 6.83. The van der Waals surface area contributed by atoms with Crippen molar-refractivity contribution in [3.05, 3.63) is 419 Å². The van der Waals surface area contributed by atoms with Crippen molar-refractivity contribution < 1.29 is 28.4 Å². The molecule has 4 bridgehead atoms. The van der Waals surface area contributed by atoms with Gasteiger partial charge in [-0.25, -0.2) is 0 Å². The quantitative estimate of drug-likeness (QED) is 0.0478. The van der Waals surface area contributed by atoms with E-state index in [-0.39, 0.29) is 88.1 Å². The summed E-state index contributed by atoms with van der Waals surface area (Å²) in [5.41, 5.74) is -0.461. The van der Waals surface area contributed by atoms with E-state index in [1.54, 1.807) is 0 Å². The van der Waals surface area contributed by atoms with Crippen LogP contribution in [-0.4, -0.2) is 33.6 Å². The molecule has 11 heteroatoms. The van der Waals surface area contributed by atoms with Crippen LogP contribution in [-0.2, 0) is 54.5 Å². The summed E-state index contributed by atoms with van der Waals surface area (Å²) < 4.78 is 37.8. The van der Waals surface area contributed by atoms with Gasteiger partial charge in [0.15, 0.2) is 73.4 Å². The third kappa shape index (κ3) is 27.6. The molecular formula is C128H141O6S5+5. The van der Waals surface area contributed by atoms with Gasteiger partial charge in [-0.2, -0.15) is 0 Å². The van der Waals surface area contributed by atoms with Crippen LogP contribution in [0.3, 0.4) is 0 Å². The highest BCUT2D eigenvalue weighted by Crippen LogP contribution is 2.60. The van der Waals surface area contributed by atoms with Crippen molar-refractivity contribution in [1.82, 2.24) is 0 Å². The molecule has 6 aliphatic carbocycles. The first kappa shape index (κ1) is 101. The van der Waals surface area contributed by atoms with E-state index in [0.29, 0.717) is 0 Å². The first-order valence-corrected chi connectivity index (χ1v) is 56.5. The molecule has 0 heterocycles. The number of ether oxygens (including phenoxy) is 6. The lowest BCUT2D eigenvalue weighted by molar-refractivity contribution is -0.145. The van der Waals surface area contributed by atoms with Gasteiger partial charge in [-0.15, -0.1) is 0 Å². The lowest BCUT2D eigenvalue weighted by Gasteiger charge is -2.59. The minimum Gasteiger partial charge on any atom is -0.488 e. The average molecular weight is 1940 g/mol. The van der Waals surface area contributed by atoms with E-state index in [1.807, 2.05) is 0 Å². The SMILES string of the molecule is CC(C)(C)Oc1ccc([S+](c2ccccc2)c2ccc(OC(C)(C)C)cc2)cc1.CC1(Oc2ccc([S+](c3ccccc3)c3ccccc3)cc2)C2CC3CC(C2)CC1C3.CC1(Oc2ccc([S+](c3ccccc3)c3ccccc3)cc2)CCCCC1.CCC(C)(C)Oc1ccc([S+](c2ccccc2)c2ccccc2)cc1.CCC1(Oc2ccc([S+](c3ccccc3)c3ccccc3)cc2)CCCC1. The molecule has 0 amide bonds. The molecule has 6 fully saturated rings. The van der Waals surface area contributed by atoms with Gasteiger partial charge in [0.25, 0.3) is 0 Å². The minimum absolute atomic E-state index is 0.000311. The van der Waals surface area contributed by atoms with E-state index in [0.717, 1.165) is 83.9 Å². The van der Waals surface area contributed by atoms with Crippen LogP contribution in [0.4, 0.5) is 0 Å². The maximum atomic E-state index is 6.83. The topological polar surface area (TPSA) is 55.4 Å². The fourth-order valence-corrected chi connectivity index (χ4v) is 30.4. The maximum Gasteiger partial charge on any atom is 0.166 e. The Labute approximate surface area is 845 Å². The molecule has 0 radical (unpaired) electrons. The summed E-state index contributed by atoms with van der Waals surface area (Å²) >= 11 is 0. The molecule has 0 spiro atoms. The van der Waals surface area contributed by atoms with Gasteiger partial charge in [-0.1, -0.05) is 184 Å². The third-order valence-corrected chi connectivity index (χ3v) is 38.3. The Morgan fingerprint density at radius 2 is 0.439 bits per heavy atom. The molecule has 0 aromatic heterocycles. The summed E-state index contributed by atoms with van der Waals surface area (Å²) in [4.78, 5) is 19.9. The van der Waals surface area contributed by atoms with Gasteiger partial charge in [-0.05, 0) is 444 Å². The highest BCUT2D eigenvalue weighted by molar-refractivity contribution is 7.98. The zero-order valence-electron chi connectivity index (χ0n) is 83.5. The molecule has 6 aliphatic rings. The van der Waals surface area contributed by atoms with E-state index in [4.69, 9.17) is 28.4 Å². The van der Waals surface area contributed by atoms with Gasteiger partial charge < -0.3 is 28.4 Å². The Kier molecular flexibility index (Phi) is 34.4. The van der Waals surface area contributed by atoms with E-state index in [2.05, 4.69) is 502 Å². The van der Waals surface area contributed by atoms with E-state index in [1.165, 1.54) is 150 Å². The number of hydrogen-bond acceptors (Lipinski definition) is 6. The Morgan fingerprint density at radius 3 is 0.669 bits per heavy atom. The normalized spacial score (nSPS) is 17.8. The average Bonchev–Trinajstić information content (AvgIpc) is 0.924. The van der Waals surface area contributed by atoms with Crippen LogP contribution in [0.15, 0.2) is 492 Å². The smallest absolute Gasteiger partial charge is 0.166 e. The van der Waals surface area contributed by atoms with Crippen LogP contribution < -0.4 is 28.4 Å². The van der Waals surface area contributed by atoms with E-state index in [9.17, 15) is 0 Å².